The van der Waals surface area contributed by atoms with E-state index in [1.807, 2.05) is 30.5 Å². The van der Waals surface area contributed by atoms with E-state index in [-0.39, 0.29) is 11.9 Å². The van der Waals surface area contributed by atoms with E-state index in [0.717, 1.165) is 10.5 Å². The Bertz CT molecular complexity index is 528. The van der Waals surface area contributed by atoms with Crippen LogP contribution in [0.15, 0.2) is 29.2 Å². The molecule has 1 aliphatic rings. The molecule has 1 fully saturated rings. The van der Waals surface area contributed by atoms with Gasteiger partial charge in [-0.3, -0.25) is 9.69 Å². The van der Waals surface area contributed by atoms with Crippen molar-refractivity contribution in [3.63, 3.8) is 0 Å². The van der Waals surface area contributed by atoms with Crippen LogP contribution in [0.3, 0.4) is 0 Å². The summed E-state index contributed by atoms with van der Waals surface area (Å²) in [5.41, 5.74) is 0.979. The van der Waals surface area contributed by atoms with Crippen molar-refractivity contribution < 1.29 is 18.0 Å². The highest BCUT2D eigenvalue weighted by atomic mass is 32.2. The SMILES string of the molecule is CSc1ccccc1CC(=O)NC1CCN(CC(F)(F)F)CC1. The summed E-state index contributed by atoms with van der Waals surface area (Å²) in [5, 5.41) is 2.95. The number of benzene rings is 1. The van der Waals surface area contributed by atoms with E-state index in [1.165, 1.54) is 4.90 Å². The maximum Gasteiger partial charge on any atom is 0.401 e. The Balaban J connectivity index is 1.79. The lowest BCUT2D eigenvalue weighted by Crippen LogP contribution is -2.47. The highest BCUT2D eigenvalue weighted by Crippen LogP contribution is 2.21. The third-order valence-electron chi connectivity index (χ3n) is 3.90. The monoisotopic (exact) mass is 346 g/mol. The fraction of sp³-hybridized carbons (Fsp3) is 0.562. The molecule has 23 heavy (non-hydrogen) atoms. The molecule has 0 spiro atoms. The lowest BCUT2D eigenvalue weighted by Gasteiger charge is -2.32. The molecule has 128 valence electrons. The summed E-state index contributed by atoms with van der Waals surface area (Å²) < 4.78 is 37.0. The molecule has 0 radical (unpaired) electrons. The Hall–Kier alpha value is -1.21. The van der Waals surface area contributed by atoms with Crippen molar-refractivity contribution in [3.8, 4) is 0 Å². The van der Waals surface area contributed by atoms with Crippen LogP contribution in [-0.2, 0) is 11.2 Å². The zero-order valence-corrected chi connectivity index (χ0v) is 13.8. The molecule has 1 amide bonds. The van der Waals surface area contributed by atoms with Gasteiger partial charge in [0.1, 0.15) is 0 Å². The van der Waals surface area contributed by atoms with Crippen LogP contribution in [0.1, 0.15) is 18.4 Å². The number of carbonyl (C=O) groups excluding carboxylic acids is 1. The number of likely N-dealkylation sites (tertiary alicyclic amines) is 1. The lowest BCUT2D eigenvalue weighted by atomic mass is 10.0. The van der Waals surface area contributed by atoms with Crippen molar-refractivity contribution in [2.45, 2.75) is 36.4 Å². The molecular weight excluding hydrogens is 325 g/mol. The van der Waals surface area contributed by atoms with Gasteiger partial charge in [-0.15, -0.1) is 11.8 Å². The number of hydrogen-bond acceptors (Lipinski definition) is 3. The van der Waals surface area contributed by atoms with Gasteiger partial charge < -0.3 is 5.32 Å². The summed E-state index contributed by atoms with van der Waals surface area (Å²) in [6.45, 7) is -0.132. The first kappa shape index (κ1) is 18.1. The first-order valence-electron chi connectivity index (χ1n) is 7.58. The summed E-state index contributed by atoms with van der Waals surface area (Å²) in [6.07, 6.45) is -0.761. The number of nitrogens with one attached hydrogen (secondary N) is 1. The number of rotatable bonds is 5. The van der Waals surface area contributed by atoms with Gasteiger partial charge in [0.2, 0.25) is 5.91 Å². The molecule has 0 saturated carbocycles. The summed E-state index contributed by atoms with van der Waals surface area (Å²) in [7, 11) is 0. The molecule has 3 nitrogen and oxygen atoms in total. The van der Waals surface area contributed by atoms with Gasteiger partial charge in [-0.05, 0) is 30.7 Å². The molecule has 7 heteroatoms. The Morgan fingerprint density at radius 1 is 1.30 bits per heavy atom. The second-order valence-electron chi connectivity index (χ2n) is 5.72. The number of thioether (sulfide) groups is 1. The Morgan fingerprint density at radius 2 is 1.96 bits per heavy atom. The lowest BCUT2D eigenvalue weighted by molar-refractivity contribution is -0.148. The number of carbonyl (C=O) groups is 1. The minimum Gasteiger partial charge on any atom is -0.353 e. The Kier molecular flexibility index (Phi) is 6.35. The largest absolute Gasteiger partial charge is 0.401 e. The Morgan fingerprint density at radius 3 is 2.57 bits per heavy atom. The van der Waals surface area contributed by atoms with Crippen LogP contribution in [0.25, 0.3) is 0 Å². The molecule has 1 aromatic carbocycles. The van der Waals surface area contributed by atoms with Gasteiger partial charge in [0.25, 0.3) is 0 Å². The number of halogens is 3. The molecule has 1 N–H and O–H groups in total. The van der Waals surface area contributed by atoms with Crippen LogP contribution >= 0.6 is 11.8 Å². The van der Waals surface area contributed by atoms with Gasteiger partial charge in [0.05, 0.1) is 13.0 Å². The molecule has 1 aliphatic heterocycles. The maximum absolute atomic E-state index is 12.3. The summed E-state index contributed by atoms with van der Waals surface area (Å²) in [6, 6.07) is 7.70. The van der Waals surface area contributed by atoms with Gasteiger partial charge in [-0.2, -0.15) is 13.2 Å². The number of hydrogen-bond donors (Lipinski definition) is 1. The van der Waals surface area contributed by atoms with Crippen molar-refractivity contribution >= 4 is 17.7 Å². The summed E-state index contributed by atoms with van der Waals surface area (Å²) in [4.78, 5) is 14.6. The average molecular weight is 346 g/mol. The topological polar surface area (TPSA) is 32.3 Å². The minimum absolute atomic E-state index is 0.0339. The highest BCUT2D eigenvalue weighted by Gasteiger charge is 2.32. The minimum atomic E-state index is -4.16. The quantitative estimate of drug-likeness (QED) is 0.832. The molecule has 1 aromatic rings. The van der Waals surface area contributed by atoms with Crippen molar-refractivity contribution in [2.24, 2.45) is 0 Å². The van der Waals surface area contributed by atoms with E-state index >= 15 is 0 Å². The van der Waals surface area contributed by atoms with E-state index < -0.39 is 12.7 Å². The zero-order valence-electron chi connectivity index (χ0n) is 13.0. The number of nitrogens with zero attached hydrogens (tertiary/aromatic N) is 1. The summed E-state index contributed by atoms with van der Waals surface area (Å²) in [5.74, 6) is -0.0687. The zero-order chi connectivity index (χ0) is 16.9. The predicted molar refractivity (Wildman–Crippen MR) is 85.6 cm³/mol. The average Bonchev–Trinajstić information content (AvgIpc) is 2.48. The molecule has 0 bridgehead atoms. The van der Waals surface area contributed by atoms with Crippen LogP contribution in [0.4, 0.5) is 13.2 Å². The van der Waals surface area contributed by atoms with E-state index in [1.54, 1.807) is 11.8 Å². The van der Waals surface area contributed by atoms with Crippen LogP contribution in [0, 0.1) is 0 Å². The van der Waals surface area contributed by atoms with Gasteiger partial charge in [-0.1, -0.05) is 18.2 Å². The smallest absolute Gasteiger partial charge is 0.353 e. The second-order valence-corrected chi connectivity index (χ2v) is 6.57. The van der Waals surface area contributed by atoms with E-state index in [2.05, 4.69) is 5.32 Å². The van der Waals surface area contributed by atoms with Gasteiger partial charge in [0, 0.05) is 24.0 Å². The molecule has 1 heterocycles. The van der Waals surface area contributed by atoms with E-state index in [0.29, 0.717) is 32.4 Å². The first-order valence-corrected chi connectivity index (χ1v) is 8.80. The predicted octanol–water partition coefficient (Wildman–Crippen LogP) is 3.09. The molecular formula is C16H21F3N2OS. The number of alkyl halides is 3. The highest BCUT2D eigenvalue weighted by molar-refractivity contribution is 7.98. The van der Waals surface area contributed by atoms with Gasteiger partial charge in [0.15, 0.2) is 0 Å². The molecule has 0 aromatic heterocycles. The third-order valence-corrected chi connectivity index (χ3v) is 4.74. The van der Waals surface area contributed by atoms with Crippen LogP contribution in [0.5, 0.6) is 0 Å². The van der Waals surface area contributed by atoms with Crippen molar-refractivity contribution in [3.05, 3.63) is 29.8 Å². The number of amides is 1. The fourth-order valence-electron chi connectivity index (χ4n) is 2.79. The van der Waals surface area contributed by atoms with E-state index in [4.69, 9.17) is 0 Å². The molecule has 2 rings (SSSR count). The normalized spacial score (nSPS) is 17.2. The molecule has 1 saturated heterocycles. The standard InChI is InChI=1S/C16H21F3N2OS/c1-23-14-5-3-2-4-12(14)10-15(22)20-13-6-8-21(9-7-13)11-16(17,18)19/h2-5,13H,6-11H2,1H3,(H,20,22). The van der Waals surface area contributed by atoms with Crippen molar-refractivity contribution in [1.82, 2.24) is 10.2 Å². The molecule has 0 atom stereocenters. The van der Waals surface area contributed by atoms with Crippen molar-refractivity contribution in [2.75, 3.05) is 25.9 Å². The maximum atomic E-state index is 12.3. The van der Waals surface area contributed by atoms with Crippen LogP contribution in [-0.4, -0.2) is 48.9 Å². The van der Waals surface area contributed by atoms with Gasteiger partial charge in [-0.25, -0.2) is 0 Å². The second kappa shape index (κ2) is 8.06. The van der Waals surface area contributed by atoms with Gasteiger partial charge >= 0.3 is 6.18 Å². The molecule has 0 unspecified atom stereocenters. The molecule has 0 aliphatic carbocycles. The first-order chi connectivity index (χ1) is 10.9. The number of piperidine rings is 1. The van der Waals surface area contributed by atoms with Crippen LogP contribution < -0.4 is 5.32 Å². The Labute approximate surface area is 138 Å². The van der Waals surface area contributed by atoms with Crippen molar-refractivity contribution in [1.29, 1.82) is 0 Å². The van der Waals surface area contributed by atoms with E-state index in [9.17, 15) is 18.0 Å². The summed E-state index contributed by atoms with van der Waals surface area (Å²) >= 11 is 1.60. The fourth-order valence-corrected chi connectivity index (χ4v) is 3.41. The van der Waals surface area contributed by atoms with Crippen LogP contribution in [0.2, 0.25) is 0 Å². The third kappa shape index (κ3) is 6.06.